The van der Waals surface area contributed by atoms with Crippen LogP contribution in [0.4, 0.5) is 0 Å². The van der Waals surface area contributed by atoms with Gasteiger partial charge in [-0.25, -0.2) is 0 Å². The van der Waals surface area contributed by atoms with Crippen molar-refractivity contribution in [1.29, 1.82) is 0 Å². The van der Waals surface area contributed by atoms with Gasteiger partial charge in [0.05, 0.1) is 12.3 Å². The zero-order valence-corrected chi connectivity index (χ0v) is 12.5. The van der Waals surface area contributed by atoms with E-state index >= 15 is 0 Å². The molecule has 0 aromatic carbocycles. The third kappa shape index (κ3) is 4.34. The summed E-state index contributed by atoms with van der Waals surface area (Å²) < 4.78 is 5.69. The molecule has 3 nitrogen and oxygen atoms in total. The predicted octanol–water partition coefficient (Wildman–Crippen LogP) is 3.03. The quantitative estimate of drug-likeness (QED) is 0.724. The molecule has 0 saturated carbocycles. The Morgan fingerprint density at radius 1 is 1.28 bits per heavy atom. The van der Waals surface area contributed by atoms with Gasteiger partial charge in [-0.3, -0.25) is 0 Å². The van der Waals surface area contributed by atoms with Gasteiger partial charge >= 0.3 is 0 Å². The Kier molecular flexibility index (Phi) is 6.82. The maximum absolute atomic E-state index is 9.48. The minimum atomic E-state index is 0.00862. The lowest BCUT2D eigenvalue weighted by Crippen LogP contribution is -2.36. The largest absolute Gasteiger partial charge is 0.464 e. The second-order valence-electron chi connectivity index (χ2n) is 4.77. The fraction of sp³-hybridized carbons (Fsp3) is 0.714. The van der Waals surface area contributed by atoms with Crippen LogP contribution in [0.5, 0.6) is 0 Å². The van der Waals surface area contributed by atoms with E-state index in [0.29, 0.717) is 0 Å². The summed E-state index contributed by atoms with van der Waals surface area (Å²) in [4.78, 5) is 0. The first-order valence-electron chi connectivity index (χ1n) is 6.57. The van der Waals surface area contributed by atoms with Crippen LogP contribution in [0.3, 0.4) is 0 Å². The fourth-order valence-corrected chi connectivity index (χ4v) is 2.41. The topological polar surface area (TPSA) is 45.4 Å². The molecule has 0 saturated heterocycles. The van der Waals surface area contributed by atoms with Crippen molar-refractivity contribution >= 4 is 11.8 Å². The molecule has 0 aliphatic carbocycles. The van der Waals surface area contributed by atoms with E-state index in [-0.39, 0.29) is 12.0 Å². The zero-order chi connectivity index (χ0) is 13.4. The first-order valence-corrected chi connectivity index (χ1v) is 7.97. The zero-order valence-electron chi connectivity index (χ0n) is 11.7. The average molecular weight is 271 g/mol. The number of thioether (sulfide) groups is 1. The molecule has 1 rings (SSSR count). The molecule has 0 amide bonds. The molecule has 1 aromatic heterocycles. The van der Waals surface area contributed by atoms with Crippen LogP contribution in [0.25, 0.3) is 0 Å². The van der Waals surface area contributed by atoms with Crippen LogP contribution in [0.1, 0.15) is 38.2 Å². The molecule has 1 heterocycles. The Balaban J connectivity index is 2.40. The number of aliphatic hydroxyl groups is 1. The Morgan fingerprint density at radius 2 is 1.94 bits per heavy atom. The van der Waals surface area contributed by atoms with Gasteiger partial charge in [0.1, 0.15) is 11.5 Å². The average Bonchev–Trinajstić information content (AvgIpc) is 2.84. The van der Waals surface area contributed by atoms with E-state index in [4.69, 9.17) is 4.42 Å². The number of hydrogen-bond acceptors (Lipinski definition) is 4. The first-order chi connectivity index (χ1) is 8.69. The molecule has 0 aliphatic rings. The van der Waals surface area contributed by atoms with Gasteiger partial charge in [0.15, 0.2) is 0 Å². The Morgan fingerprint density at radius 3 is 2.50 bits per heavy atom. The number of rotatable bonds is 9. The maximum Gasteiger partial charge on any atom is 0.118 e. The Bertz CT molecular complexity index is 326. The molecule has 0 spiro atoms. The highest BCUT2D eigenvalue weighted by atomic mass is 32.2. The molecule has 0 unspecified atom stereocenters. The summed E-state index contributed by atoms with van der Waals surface area (Å²) in [6, 6.07) is 4.06. The summed E-state index contributed by atoms with van der Waals surface area (Å²) in [6.45, 7) is 6.06. The van der Waals surface area contributed by atoms with Crippen LogP contribution in [0, 0.1) is 5.41 Å². The van der Waals surface area contributed by atoms with E-state index in [2.05, 4.69) is 25.4 Å². The second-order valence-corrected chi connectivity index (χ2v) is 5.64. The van der Waals surface area contributed by atoms with Gasteiger partial charge in [-0.1, -0.05) is 13.8 Å². The normalized spacial score (nSPS) is 12.0. The molecule has 0 radical (unpaired) electrons. The number of hydrogen-bond donors (Lipinski definition) is 2. The molecule has 0 atom stereocenters. The summed E-state index contributed by atoms with van der Waals surface area (Å²) in [5.41, 5.74) is 0.00862. The van der Waals surface area contributed by atoms with Crippen molar-refractivity contribution in [2.45, 2.75) is 39.0 Å². The molecule has 0 fully saturated rings. The van der Waals surface area contributed by atoms with Crippen LogP contribution in [0.15, 0.2) is 16.5 Å². The van der Waals surface area contributed by atoms with Gasteiger partial charge in [0, 0.05) is 18.6 Å². The van der Waals surface area contributed by atoms with Gasteiger partial charge in [-0.15, -0.1) is 0 Å². The number of nitrogens with one attached hydrogen (secondary N) is 1. The maximum atomic E-state index is 9.48. The highest BCUT2D eigenvalue weighted by molar-refractivity contribution is 7.97. The van der Waals surface area contributed by atoms with E-state index in [0.717, 1.165) is 43.2 Å². The monoisotopic (exact) mass is 271 g/mol. The van der Waals surface area contributed by atoms with Crippen LogP contribution in [0.2, 0.25) is 0 Å². The standard InChI is InChI=1S/C14H25NO2S/c1-4-14(5-2,11-16)10-15-8-12-6-7-13(17-12)9-18-3/h6-7,15-16H,4-5,8-11H2,1-3H3. The van der Waals surface area contributed by atoms with Crippen LogP contribution >= 0.6 is 11.8 Å². The number of aliphatic hydroxyl groups excluding tert-OH is 1. The van der Waals surface area contributed by atoms with Crippen molar-refractivity contribution in [1.82, 2.24) is 5.32 Å². The predicted molar refractivity (Wildman–Crippen MR) is 77.7 cm³/mol. The minimum absolute atomic E-state index is 0.00862. The lowest BCUT2D eigenvalue weighted by molar-refractivity contribution is 0.112. The van der Waals surface area contributed by atoms with Crippen LogP contribution in [-0.2, 0) is 12.3 Å². The van der Waals surface area contributed by atoms with E-state index in [9.17, 15) is 5.11 Å². The lowest BCUT2D eigenvalue weighted by Gasteiger charge is -2.29. The third-order valence-corrected chi connectivity index (χ3v) is 4.21. The van der Waals surface area contributed by atoms with Crippen molar-refractivity contribution in [2.24, 2.45) is 5.41 Å². The van der Waals surface area contributed by atoms with Crippen molar-refractivity contribution in [3.63, 3.8) is 0 Å². The lowest BCUT2D eigenvalue weighted by atomic mass is 9.83. The van der Waals surface area contributed by atoms with Crippen LogP contribution < -0.4 is 5.32 Å². The summed E-state index contributed by atoms with van der Waals surface area (Å²) in [7, 11) is 0. The molecular weight excluding hydrogens is 246 g/mol. The molecule has 0 bridgehead atoms. The van der Waals surface area contributed by atoms with E-state index in [1.807, 2.05) is 12.1 Å². The molecule has 0 aliphatic heterocycles. The summed E-state index contributed by atoms with van der Waals surface area (Å²) in [5, 5.41) is 12.9. The summed E-state index contributed by atoms with van der Waals surface area (Å²) in [5.74, 6) is 2.92. The molecule has 18 heavy (non-hydrogen) atoms. The molecule has 1 aromatic rings. The second kappa shape index (κ2) is 7.87. The molecule has 2 N–H and O–H groups in total. The molecule has 4 heteroatoms. The van der Waals surface area contributed by atoms with Gasteiger partial charge in [-0.2, -0.15) is 11.8 Å². The van der Waals surface area contributed by atoms with Crippen molar-refractivity contribution in [2.75, 3.05) is 19.4 Å². The van der Waals surface area contributed by atoms with Gasteiger partial charge in [0.2, 0.25) is 0 Å². The Labute approximate surface area is 114 Å². The van der Waals surface area contributed by atoms with Crippen molar-refractivity contribution in [3.8, 4) is 0 Å². The van der Waals surface area contributed by atoms with Gasteiger partial charge in [0.25, 0.3) is 0 Å². The van der Waals surface area contributed by atoms with Crippen molar-refractivity contribution < 1.29 is 9.52 Å². The fourth-order valence-electron chi connectivity index (χ4n) is 1.97. The van der Waals surface area contributed by atoms with Crippen LogP contribution in [-0.4, -0.2) is 24.5 Å². The van der Waals surface area contributed by atoms with E-state index < -0.39 is 0 Å². The van der Waals surface area contributed by atoms with Gasteiger partial charge in [-0.05, 0) is 31.2 Å². The van der Waals surface area contributed by atoms with E-state index in [1.165, 1.54) is 0 Å². The SMILES string of the molecule is CCC(CC)(CO)CNCc1ccc(CSC)o1. The van der Waals surface area contributed by atoms with Gasteiger partial charge < -0.3 is 14.8 Å². The molecule has 104 valence electrons. The van der Waals surface area contributed by atoms with E-state index in [1.54, 1.807) is 11.8 Å². The summed E-state index contributed by atoms with van der Waals surface area (Å²) in [6.07, 6.45) is 4.05. The summed E-state index contributed by atoms with van der Waals surface area (Å²) >= 11 is 1.76. The smallest absolute Gasteiger partial charge is 0.118 e. The first kappa shape index (κ1) is 15.6. The number of furan rings is 1. The molecular formula is C14H25NO2S. The highest BCUT2D eigenvalue weighted by Crippen LogP contribution is 2.24. The third-order valence-electron chi connectivity index (χ3n) is 3.64. The minimum Gasteiger partial charge on any atom is -0.464 e. The van der Waals surface area contributed by atoms with Crippen molar-refractivity contribution in [3.05, 3.63) is 23.7 Å². The Hall–Kier alpha value is -0.450. The highest BCUT2D eigenvalue weighted by Gasteiger charge is 2.24.